The van der Waals surface area contributed by atoms with Gasteiger partial charge in [0.25, 0.3) is 11.8 Å². The van der Waals surface area contributed by atoms with E-state index in [1.807, 2.05) is 43.7 Å². The van der Waals surface area contributed by atoms with Gasteiger partial charge in [0.1, 0.15) is 0 Å². The standard InChI is InChI=1S/C25H27FN4O2S/c1-29(2)19-11-12-30(15-19)25(32)23(26)16-5-7-17(8-6-16)24(31)28-21-14-18(9-10-20(21)27)22-4-3-13-33-22/h3-10,13-14,19,23H,11-12,15,27H2,1-2H3,(H,28,31). The van der Waals surface area contributed by atoms with Crippen molar-refractivity contribution in [2.75, 3.05) is 38.2 Å². The van der Waals surface area contributed by atoms with Gasteiger partial charge < -0.3 is 20.9 Å². The lowest BCUT2D eigenvalue weighted by Crippen LogP contribution is -2.36. The van der Waals surface area contributed by atoms with Crippen molar-refractivity contribution in [1.82, 2.24) is 9.80 Å². The predicted octanol–water partition coefficient (Wildman–Crippen LogP) is 4.42. The summed E-state index contributed by atoms with van der Waals surface area (Å²) in [5.41, 5.74) is 8.57. The Morgan fingerprint density at radius 2 is 1.94 bits per heavy atom. The Labute approximate surface area is 196 Å². The number of alkyl halides is 1. The fraction of sp³-hybridized carbons (Fsp3) is 0.280. The molecule has 1 aliphatic heterocycles. The second kappa shape index (κ2) is 9.72. The Morgan fingerprint density at radius 1 is 1.18 bits per heavy atom. The summed E-state index contributed by atoms with van der Waals surface area (Å²) in [6, 6.07) is 15.7. The van der Waals surface area contributed by atoms with Crippen LogP contribution in [-0.2, 0) is 4.79 Å². The molecule has 2 aromatic carbocycles. The van der Waals surface area contributed by atoms with E-state index >= 15 is 0 Å². The highest BCUT2D eigenvalue weighted by atomic mass is 32.1. The minimum absolute atomic E-state index is 0.240. The molecule has 2 unspecified atom stereocenters. The maximum absolute atomic E-state index is 14.9. The van der Waals surface area contributed by atoms with Crippen LogP contribution in [0.25, 0.3) is 10.4 Å². The van der Waals surface area contributed by atoms with Crippen LogP contribution in [0.3, 0.4) is 0 Å². The van der Waals surface area contributed by atoms with Gasteiger partial charge in [-0.15, -0.1) is 11.3 Å². The van der Waals surface area contributed by atoms with E-state index < -0.39 is 12.1 Å². The molecule has 1 aliphatic rings. The van der Waals surface area contributed by atoms with Crippen LogP contribution in [0.5, 0.6) is 0 Å². The van der Waals surface area contributed by atoms with Gasteiger partial charge in [-0.05, 0) is 67.4 Å². The molecular weight excluding hydrogens is 439 g/mol. The summed E-state index contributed by atoms with van der Waals surface area (Å²) < 4.78 is 14.9. The Hall–Kier alpha value is -3.23. The summed E-state index contributed by atoms with van der Waals surface area (Å²) in [5, 5.41) is 4.81. The minimum atomic E-state index is -1.75. The number of carbonyl (C=O) groups excluding carboxylic acids is 2. The van der Waals surface area contributed by atoms with E-state index in [4.69, 9.17) is 5.73 Å². The monoisotopic (exact) mass is 466 g/mol. The fourth-order valence-electron chi connectivity index (χ4n) is 3.92. The average molecular weight is 467 g/mol. The van der Waals surface area contributed by atoms with Gasteiger partial charge in [-0.2, -0.15) is 0 Å². The van der Waals surface area contributed by atoms with Crippen molar-refractivity contribution in [3.8, 4) is 10.4 Å². The van der Waals surface area contributed by atoms with E-state index in [0.717, 1.165) is 16.9 Å². The van der Waals surface area contributed by atoms with Crippen LogP contribution >= 0.6 is 11.3 Å². The second-order valence-electron chi connectivity index (χ2n) is 8.41. The summed E-state index contributed by atoms with van der Waals surface area (Å²) in [5.74, 6) is -0.888. The highest BCUT2D eigenvalue weighted by Crippen LogP contribution is 2.30. The first kappa shape index (κ1) is 22.9. The first-order valence-electron chi connectivity index (χ1n) is 10.8. The Kier molecular flexibility index (Phi) is 6.76. The number of amides is 2. The molecule has 6 nitrogen and oxygen atoms in total. The van der Waals surface area contributed by atoms with Gasteiger partial charge in [0.15, 0.2) is 0 Å². The SMILES string of the molecule is CN(C)C1CCN(C(=O)C(F)c2ccc(C(=O)Nc3cc(-c4cccs4)ccc3N)cc2)C1. The molecule has 0 bridgehead atoms. The molecule has 33 heavy (non-hydrogen) atoms. The van der Waals surface area contributed by atoms with Gasteiger partial charge in [0.2, 0.25) is 6.17 Å². The zero-order chi connectivity index (χ0) is 23.5. The van der Waals surface area contributed by atoms with Crippen LogP contribution in [0, 0.1) is 0 Å². The van der Waals surface area contributed by atoms with Crippen LogP contribution < -0.4 is 11.1 Å². The van der Waals surface area contributed by atoms with E-state index in [1.54, 1.807) is 22.3 Å². The number of likely N-dealkylation sites (tertiary alicyclic amines) is 1. The van der Waals surface area contributed by atoms with Crippen molar-refractivity contribution in [3.63, 3.8) is 0 Å². The molecule has 1 fully saturated rings. The Morgan fingerprint density at radius 3 is 2.58 bits per heavy atom. The molecule has 3 N–H and O–H groups in total. The quantitative estimate of drug-likeness (QED) is 0.527. The molecule has 0 saturated carbocycles. The van der Waals surface area contributed by atoms with Gasteiger partial charge >= 0.3 is 0 Å². The third kappa shape index (κ3) is 5.07. The molecule has 1 aromatic heterocycles. The van der Waals surface area contributed by atoms with E-state index in [9.17, 15) is 14.0 Å². The van der Waals surface area contributed by atoms with Gasteiger partial charge in [0.05, 0.1) is 11.4 Å². The van der Waals surface area contributed by atoms with Crippen molar-refractivity contribution in [2.24, 2.45) is 0 Å². The molecular formula is C25H27FN4O2S. The highest BCUT2D eigenvalue weighted by Gasteiger charge is 2.32. The Bertz CT molecular complexity index is 1130. The van der Waals surface area contributed by atoms with Crippen LogP contribution in [0.1, 0.15) is 28.5 Å². The maximum Gasteiger partial charge on any atom is 0.261 e. The lowest BCUT2D eigenvalue weighted by atomic mass is 10.1. The fourth-order valence-corrected chi connectivity index (χ4v) is 4.65. The number of nitrogens with zero attached hydrogens (tertiary/aromatic N) is 2. The number of nitrogens with two attached hydrogens (primary N) is 1. The molecule has 8 heteroatoms. The van der Waals surface area contributed by atoms with E-state index in [-0.39, 0.29) is 17.5 Å². The molecule has 1 saturated heterocycles. The van der Waals surface area contributed by atoms with Gasteiger partial charge in [0, 0.05) is 29.6 Å². The topological polar surface area (TPSA) is 78.7 Å². The van der Waals surface area contributed by atoms with Crippen LogP contribution in [0.2, 0.25) is 0 Å². The molecule has 2 amide bonds. The molecule has 3 aromatic rings. The van der Waals surface area contributed by atoms with Crippen molar-refractivity contribution in [3.05, 3.63) is 71.1 Å². The number of benzene rings is 2. The van der Waals surface area contributed by atoms with Crippen molar-refractivity contribution in [1.29, 1.82) is 0 Å². The van der Waals surface area contributed by atoms with Crippen molar-refractivity contribution in [2.45, 2.75) is 18.6 Å². The predicted molar refractivity (Wildman–Crippen MR) is 131 cm³/mol. The summed E-state index contributed by atoms with van der Waals surface area (Å²) in [7, 11) is 3.92. The first-order chi connectivity index (χ1) is 15.8. The molecule has 172 valence electrons. The zero-order valence-corrected chi connectivity index (χ0v) is 19.4. The molecule has 0 aliphatic carbocycles. The summed E-state index contributed by atoms with van der Waals surface area (Å²) in [6.07, 6.45) is -0.914. The normalized spacial score (nSPS) is 16.7. The van der Waals surface area contributed by atoms with Crippen LogP contribution in [-0.4, -0.2) is 54.8 Å². The molecule has 2 heterocycles. The highest BCUT2D eigenvalue weighted by molar-refractivity contribution is 7.13. The zero-order valence-electron chi connectivity index (χ0n) is 18.6. The number of nitrogens with one attached hydrogen (secondary N) is 1. The minimum Gasteiger partial charge on any atom is -0.397 e. The number of hydrogen-bond donors (Lipinski definition) is 2. The number of halogens is 1. The Balaban J connectivity index is 1.42. The third-order valence-electron chi connectivity index (χ3n) is 5.99. The third-order valence-corrected chi connectivity index (χ3v) is 6.91. The largest absolute Gasteiger partial charge is 0.397 e. The van der Waals surface area contributed by atoms with Crippen LogP contribution in [0.4, 0.5) is 15.8 Å². The smallest absolute Gasteiger partial charge is 0.261 e. The number of nitrogen functional groups attached to an aromatic ring is 1. The molecule has 4 rings (SSSR count). The number of rotatable bonds is 6. The van der Waals surface area contributed by atoms with Crippen molar-refractivity contribution < 1.29 is 14.0 Å². The van der Waals surface area contributed by atoms with Gasteiger partial charge in [-0.3, -0.25) is 9.59 Å². The number of hydrogen-bond acceptors (Lipinski definition) is 5. The van der Waals surface area contributed by atoms with Crippen LogP contribution in [0.15, 0.2) is 60.0 Å². The van der Waals surface area contributed by atoms with Gasteiger partial charge in [-0.1, -0.05) is 24.3 Å². The second-order valence-corrected chi connectivity index (χ2v) is 9.36. The lowest BCUT2D eigenvalue weighted by molar-refractivity contribution is -0.135. The number of carbonyl (C=O) groups is 2. The summed E-state index contributed by atoms with van der Waals surface area (Å²) in [4.78, 5) is 30.0. The van der Waals surface area contributed by atoms with E-state index in [0.29, 0.717) is 30.0 Å². The summed E-state index contributed by atoms with van der Waals surface area (Å²) in [6.45, 7) is 1.08. The average Bonchev–Trinajstić information content (AvgIpc) is 3.52. The van der Waals surface area contributed by atoms with E-state index in [1.165, 1.54) is 24.3 Å². The molecule has 0 spiro atoms. The number of thiophene rings is 1. The summed E-state index contributed by atoms with van der Waals surface area (Å²) >= 11 is 1.60. The van der Waals surface area contributed by atoms with Gasteiger partial charge in [-0.25, -0.2) is 4.39 Å². The molecule has 2 atom stereocenters. The molecule has 0 radical (unpaired) electrons. The van der Waals surface area contributed by atoms with Crippen molar-refractivity contribution >= 4 is 34.5 Å². The lowest BCUT2D eigenvalue weighted by Gasteiger charge is -2.22. The number of likely N-dealkylation sites (N-methyl/N-ethyl adjacent to an activating group) is 1. The first-order valence-corrected chi connectivity index (χ1v) is 11.7. The number of anilines is 2. The maximum atomic E-state index is 14.9. The van der Waals surface area contributed by atoms with E-state index in [2.05, 4.69) is 10.2 Å².